The maximum absolute atomic E-state index is 12.6. The van der Waals surface area contributed by atoms with Crippen LogP contribution in [-0.4, -0.2) is 27.3 Å². The summed E-state index contributed by atoms with van der Waals surface area (Å²) in [6.07, 6.45) is 0.961. The van der Waals surface area contributed by atoms with Gasteiger partial charge in [0.05, 0.1) is 17.8 Å². The van der Waals surface area contributed by atoms with Crippen LogP contribution in [0, 0.1) is 6.92 Å². The Balaban J connectivity index is 1.20. The highest BCUT2D eigenvalue weighted by Gasteiger charge is 2.12. The second-order valence-corrected chi connectivity index (χ2v) is 7.95. The van der Waals surface area contributed by atoms with Crippen LogP contribution in [0.15, 0.2) is 84.9 Å². The first-order valence-corrected chi connectivity index (χ1v) is 11.0. The smallest absolute Gasteiger partial charge is 0.225 e. The third-order valence-electron chi connectivity index (χ3n) is 5.44. The summed E-state index contributed by atoms with van der Waals surface area (Å²) in [5.74, 6) is 2.00. The molecule has 1 amide bonds. The van der Waals surface area contributed by atoms with E-state index in [1.165, 1.54) is 5.39 Å². The number of carbonyl (C=O) groups is 1. The number of fused-ring (bicyclic) bond motifs is 2. The largest absolute Gasteiger partial charge is 0.494 e. The molecule has 0 radical (unpaired) electrons. The second-order valence-electron chi connectivity index (χ2n) is 7.95. The lowest BCUT2D eigenvalue weighted by molar-refractivity contribution is -0.116. The van der Waals surface area contributed by atoms with E-state index in [4.69, 9.17) is 4.74 Å². The van der Waals surface area contributed by atoms with E-state index in [1.54, 1.807) is 4.68 Å². The van der Waals surface area contributed by atoms with Crippen LogP contribution in [0.4, 0.5) is 5.82 Å². The van der Waals surface area contributed by atoms with Crippen LogP contribution in [0.1, 0.15) is 18.5 Å². The van der Waals surface area contributed by atoms with Crippen LogP contribution >= 0.6 is 0 Å². The molecule has 0 saturated carbocycles. The van der Waals surface area contributed by atoms with Crippen molar-refractivity contribution in [2.45, 2.75) is 19.8 Å². The number of hydrogen-bond donors (Lipinski definition) is 1. The fourth-order valence-electron chi connectivity index (χ4n) is 3.82. The predicted octanol–water partition coefficient (Wildman–Crippen LogP) is 5.68. The first-order chi connectivity index (χ1) is 16.2. The number of rotatable bonds is 7. The van der Waals surface area contributed by atoms with Crippen molar-refractivity contribution in [3.63, 3.8) is 0 Å². The zero-order valence-corrected chi connectivity index (χ0v) is 18.4. The number of para-hydroxylation sites is 1. The van der Waals surface area contributed by atoms with Gasteiger partial charge < -0.3 is 10.1 Å². The fourth-order valence-corrected chi connectivity index (χ4v) is 3.82. The lowest BCUT2D eigenvalue weighted by Crippen LogP contribution is -2.16. The number of ether oxygens (including phenoxy) is 1. The molecule has 0 unspecified atom stereocenters. The molecule has 0 fully saturated rings. The van der Waals surface area contributed by atoms with Gasteiger partial charge in [-0.25, -0.2) is 4.98 Å². The quantitative estimate of drug-likeness (QED) is 0.333. The van der Waals surface area contributed by atoms with Gasteiger partial charge in [-0.3, -0.25) is 4.79 Å². The minimum absolute atomic E-state index is 0.0842. The molecule has 0 saturated heterocycles. The number of amides is 1. The van der Waals surface area contributed by atoms with E-state index in [2.05, 4.69) is 27.5 Å². The minimum Gasteiger partial charge on any atom is -0.494 e. The molecule has 5 rings (SSSR count). The molecule has 164 valence electrons. The molecule has 0 aliphatic heterocycles. The summed E-state index contributed by atoms with van der Waals surface area (Å²) in [4.78, 5) is 17.3. The van der Waals surface area contributed by atoms with Gasteiger partial charge in [0.15, 0.2) is 5.82 Å². The molecule has 3 aromatic carbocycles. The normalized spacial score (nSPS) is 11.1. The van der Waals surface area contributed by atoms with E-state index < -0.39 is 0 Å². The Morgan fingerprint density at radius 2 is 1.67 bits per heavy atom. The lowest BCUT2D eigenvalue weighted by Gasteiger charge is -2.10. The fraction of sp³-hybridized carbons (Fsp3) is 0.148. The van der Waals surface area contributed by atoms with Crippen LogP contribution in [0.5, 0.6) is 5.75 Å². The highest BCUT2D eigenvalue weighted by atomic mass is 16.5. The lowest BCUT2D eigenvalue weighted by atomic mass is 10.1. The molecule has 5 aromatic rings. The number of pyridine rings is 1. The van der Waals surface area contributed by atoms with Gasteiger partial charge in [0.1, 0.15) is 11.6 Å². The molecule has 1 N–H and O–H groups in total. The highest BCUT2D eigenvalue weighted by molar-refractivity contribution is 5.90. The average molecular weight is 437 g/mol. The topological polar surface area (TPSA) is 69.0 Å². The zero-order chi connectivity index (χ0) is 22.6. The zero-order valence-electron chi connectivity index (χ0n) is 18.4. The van der Waals surface area contributed by atoms with Crippen LogP contribution in [0.25, 0.3) is 27.5 Å². The molecule has 2 heterocycles. The van der Waals surface area contributed by atoms with E-state index >= 15 is 0 Å². The van der Waals surface area contributed by atoms with Gasteiger partial charge in [0.2, 0.25) is 5.91 Å². The SMILES string of the molecule is Cc1cc(NC(=O)CCCOc2ccc3ccccc3c2)n(-c2ccc3ccccc3n2)n1. The van der Waals surface area contributed by atoms with Crippen molar-refractivity contribution in [3.05, 3.63) is 90.6 Å². The Hall–Kier alpha value is -4.19. The summed E-state index contributed by atoms with van der Waals surface area (Å²) >= 11 is 0. The Morgan fingerprint density at radius 3 is 2.55 bits per heavy atom. The maximum atomic E-state index is 12.6. The molecule has 0 bridgehead atoms. The van der Waals surface area contributed by atoms with Gasteiger partial charge in [-0.1, -0.05) is 48.5 Å². The molecule has 6 heteroatoms. The Morgan fingerprint density at radius 1 is 0.909 bits per heavy atom. The second kappa shape index (κ2) is 9.12. The van der Waals surface area contributed by atoms with Crippen molar-refractivity contribution in [1.82, 2.24) is 14.8 Å². The number of aromatic nitrogens is 3. The van der Waals surface area contributed by atoms with Gasteiger partial charge in [-0.2, -0.15) is 9.78 Å². The number of carbonyl (C=O) groups excluding carboxylic acids is 1. The minimum atomic E-state index is -0.0842. The van der Waals surface area contributed by atoms with Crippen molar-refractivity contribution in [2.24, 2.45) is 0 Å². The molecule has 0 aliphatic carbocycles. The van der Waals surface area contributed by atoms with Crippen LogP contribution in [0.2, 0.25) is 0 Å². The summed E-state index contributed by atoms with van der Waals surface area (Å²) < 4.78 is 7.52. The van der Waals surface area contributed by atoms with Crippen LogP contribution < -0.4 is 10.1 Å². The molecular formula is C27H24N4O2. The van der Waals surface area contributed by atoms with E-state index in [9.17, 15) is 4.79 Å². The third kappa shape index (κ3) is 4.70. The number of nitrogens with one attached hydrogen (secondary N) is 1. The maximum Gasteiger partial charge on any atom is 0.225 e. The Kier molecular flexibility index (Phi) is 5.72. The summed E-state index contributed by atoms with van der Waals surface area (Å²) in [7, 11) is 0. The van der Waals surface area contributed by atoms with Gasteiger partial charge in [0.25, 0.3) is 0 Å². The summed E-state index contributed by atoms with van der Waals surface area (Å²) in [6, 6.07) is 27.9. The number of hydrogen-bond acceptors (Lipinski definition) is 4. The van der Waals surface area contributed by atoms with Crippen molar-refractivity contribution in [2.75, 3.05) is 11.9 Å². The van der Waals surface area contributed by atoms with E-state index in [-0.39, 0.29) is 5.91 Å². The van der Waals surface area contributed by atoms with E-state index in [0.29, 0.717) is 31.1 Å². The van der Waals surface area contributed by atoms with Gasteiger partial charge in [-0.15, -0.1) is 0 Å². The van der Waals surface area contributed by atoms with Crippen molar-refractivity contribution >= 4 is 33.4 Å². The van der Waals surface area contributed by atoms with Crippen molar-refractivity contribution < 1.29 is 9.53 Å². The summed E-state index contributed by atoms with van der Waals surface area (Å²) in [5.41, 5.74) is 1.69. The van der Waals surface area contributed by atoms with Gasteiger partial charge >= 0.3 is 0 Å². The molecule has 0 aliphatic rings. The van der Waals surface area contributed by atoms with E-state index in [1.807, 2.05) is 79.7 Å². The standard InChI is InChI=1S/C27H24N4O2/c1-19-17-26(31(30-19)25-15-13-21-8-4-5-10-24(21)28-25)29-27(32)11-6-16-33-23-14-12-20-7-2-3-9-22(20)18-23/h2-5,7-10,12-15,17-18H,6,11,16H2,1H3,(H,29,32). The first kappa shape index (κ1) is 20.7. The molecule has 33 heavy (non-hydrogen) atoms. The molecular weight excluding hydrogens is 412 g/mol. The Labute approximate surface area is 191 Å². The third-order valence-corrected chi connectivity index (χ3v) is 5.44. The van der Waals surface area contributed by atoms with Gasteiger partial charge in [0, 0.05) is 17.9 Å². The monoisotopic (exact) mass is 436 g/mol. The molecule has 6 nitrogen and oxygen atoms in total. The highest BCUT2D eigenvalue weighted by Crippen LogP contribution is 2.21. The summed E-state index contributed by atoms with van der Waals surface area (Å²) in [6.45, 7) is 2.36. The summed E-state index contributed by atoms with van der Waals surface area (Å²) in [5, 5.41) is 10.9. The Bertz CT molecular complexity index is 1440. The predicted molar refractivity (Wildman–Crippen MR) is 131 cm³/mol. The number of nitrogens with zero attached hydrogens (tertiary/aromatic N) is 3. The van der Waals surface area contributed by atoms with Crippen molar-refractivity contribution in [3.8, 4) is 11.6 Å². The first-order valence-electron chi connectivity index (χ1n) is 11.0. The van der Waals surface area contributed by atoms with E-state index in [0.717, 1.165) is 27.7 Å². The molecule has 0 spiro atoms. The number of anilines is 1. The van der Waals surface area contributed by atoms with Crippen LogP contribution in [-0.2, 0) is 4.79 Å². The van der Waals surface area contributed by atoms with Gasteiger partial charge in [-0.05, 0) is 54.4 Å². The molecule has 0 atom stereocenters. The van der Waals surface area contributed by atoms with Crippen molar-refractivity contribution in [1.29, 1.82) is 0 Å². The van der Waals surface area contributed by atoms with Crippen LogP contribution in [0.3, 0.4) is 0 Å². The molecule has 2 aromatic heterocycles. The average Bonchev–Trinajstić information content (AvgIpc) is 3.21. The number of benzene rings is 3. The number of aryl methyl sites for hydroxylation is 1.